The fourth-order valence-corrected chi connectivity index (χ4v) is 2.26. The Bertz CT molecular complexity index is 655. The second-order valence-corrected chi connectivity index (χ2v) is 4.52. The van der Waals surface area contributed by atoms with Gasteiger partial charge in [-0.05, 0) is 36.6 Å². The van der Waals surface area contributed by atoms with E-state index in [1.165, 1.54) is 5.56 Å². The predicted molar refractivity (Wildman–Crippen MR) is 73.8 cm³/mol. The molecule has 3 aromatic rings. The lowest BCUT2D eigenvalue weighted by atomic mass is 10.1. The van der Waals surface area contributed by atoms with E-state index in [1.54, 1.807) is 6.07 Å². The zero-order valence-electron chi connectivity index (χ0n) is 10.1. The molecule has 2 nitrogen and oxygen atoms in total. The van der Waals surface area contributed by atoms with Crippen molar-refractivity contribution >= 4 is 10.9 Å². The maximum atomic E-state index is 9.75. The second kappa shape index (κ2) is 4.57. The first-order valence-electron chi connectivity index (χ1n) is 6.16. The number of phenols is 1. The molecule has 1 aromatic heterocycles. The molecule has 0 saturated heterocycles. The number of phenolic OH excluding ortho intramolecular Hbond substituents is 1. The summed E-state index contributed by atoms with van der Waals surface area (Å²) in [5.74, 6) is 0.342. The lowest BCUT2D eigenvalue weighted by molar-refractivity contribution is 0.481. The minimum Gasteiger partial charge on any atom is -0.507 e. The molecule has 0 amide bonds. The van der Waals surface area contributed by atoms with Gasteiger partial charge in [-0.2, -0.15) is 0 Å². The van der Waals surface area contributed by atoms with Gasteiger partial charge in [0.2, 0.25) is 0 Å². The van der Waals surface area contributed by atoms with Gasteiger partial charge in [0.15, 0.2) is 0 Å². The highest BCUT2D eigenvalue weighted by molar-refractivity contribution is 5.86. The van der Waals surface area contributed by atoms with Gasteiger partial charge in [-0.1, -0.05) is 36.4 Å². The number of hydrogen-bond donors (Lipinski definition) is 2. The van der Waals surface area contributed by atoms with Crippen LogP contribution in [-0.4, -0.2) is 10.1 Å². The van der Waals surface area contributed by atoms with Crippen LogP contribution in [0.3, 0.4) is 0 Å². The van der Waals surface area contributed by atoms with E-state index in [1.807, 2.05) is 24.3 Å². The standard InChI is InChI=1S/C16H15NO/c18-16-8-4-7-15-14(16)11-13(17-15)10-9-12-5-2-1-3-6-12/h1-8,11,17-18H,9-10H2. The SMILES string of the molecule is Oc1cccc2[nH]c(CCc3ccccc3)cc12. The normalized spacial score (nSPS) is 10.9. The van der Waals surface area contributed by atoms with Crippen molar-refractivity contribution in [3.63, 3.8) is 0 Å². The Balaban J connectivity index is 1.81. The number of aromatic amines is 1. The molecular formula is C16H15NO. The molecule has 2 aromatic carbocycles. The fraction of sp³-hybridized carbons (Fsp3) is 0.125. The van der Waals surface area contributed by atoms with E-state index in [2.05, 4.69) is 29.2 Å². The van der Waals surface area contributed by atoms with Gasteiger partial charge in [-0.15, -0.1) is 0 Å². The molecule has 0 bridgehead atoms. The third-order valence-corrected chi connectivity index (χ3v) is 3.22. The van der Waals surface area contributed by atoms with Gasteiger partial charge in [-0.3, -0.25) is 0 Å². The molecule has 0 saturated carbocycles. The van der Waals surface area contributed by atoms with E-state index < -0.39 is 0 Å². The highest BCUT2D eigenvalue weighted by Gasteiger charge is 2.04. The van der Waals surface area contributed by atoms with Crippen molar-refractivity contribution < 1.29 is 5.11 Å². The van der Waals surface area contributed by atoms with Gasteiger partial charge in [0.25, 0.3) is 0 Å². The van der Waals surface area contributed by atoms with Crippen molar-refractivity contribution in [1.82, 2.24) is 4.98 Å². The van der Waals surface area contributed by atoms with Crippen LogP contribution in [0.4, 0.5) is 0 Å². The zero-order chi connectivity index (χ0) is 12.4. The number of nitrogens with one attached hydrogen (secondary N) is 1. The first-order valence-corrected chi connectivity index (χ1v) is 6.16. The number of aryl methyl sites for hydroxylation is 2. The van der Waals surface area contributed by atoms with Crippen LogP contribution in [0, 0.1) is 0 Å². The summed E-state index contributed by atoms with van der Waals surface area (Å²) in [5.41, 5.74) is 3.49. The molecule has 90 valence electrons. The van der Waals surface area contributed by atoms with Crippen LogP contribution in [0.1, 0.15) is 11.3 Å². The van der Waals surface area contributed by atoms with Crippen molar-refractivity contribution in [3.8, 4) is 5.75 Å². The molecule has 0 radical (unpaired) electrons. The molecule has 0 fully saturated rings. The van der Waals surface area contributed by atoms with Crippen molar-refractivity contribution in [1.29, 1.82) is 0 Å². The maximum absolute atomic E-state index is 9.75. The molecule has 1 heterocycles. The molecule has 0 atom stereocenters. The number of benzene rings is 2. The van der Waals surface area contributed by atoms with Gasteiger partial charge < -0.3 is 10.1 Å². The molecule has 0 unspecified atom stereocenters. The van der Waals surface area contributed by atoms with Gasteiger partial charge in [0, 0.05) is 16.6 Å². The van der Waals surface area contributed by atoms with Crippen LogP contribution in [0.25, 0.3) is 10.9 Å². The first-order chi connectivity index (χ1) is 8.83. The van der Waals surface area contributed by atoms with Gasteiger partial charge in [0.05, 0.1) is 0 Å². The Labute approximate surface area is 106 Å². The lowest BCUT2D eigenvalue weighted by Crippen LogP contribution is -1.90. The van der Waals surface area contributed by atoms with E-state index in [0.29, 0.717) is 5.75 Å². The van der Waals surface area contributed by atoms with E-state index in [9.17, 15) is 5.11 Å². The van der Waals surface area contributed by atoms with Crippen LogP contribution in [0.2, 0.25) is 0 Å². The maximum Gasteiger partial charge on any atom is 0.124 e. The summed E-state index contributed by atoms with van der Waals surface area (Å²) in [6.07, 6.45) is 1.96. The van der Waals surface area contributed by atoms with Crippen molar-refractivity contribution in [2.45, 2.75) is 12.8 Å². The highest BCUT2D eigenvalue weighted by atomic mass is 16.3. The lowest BCUT2D eigenvalue weighted by Gasteiger charge is -1.98. The summed E-state index contributed by atoms with van der Waals surface area (Å²) in [6, 6.07) is 18.0. The minimum absolute atomic E-state index is 0.342. The van der Waals surface area contributed by atoms with Gasteiger partial charge >= 0.3 is 0 Å². The smallest absolute Gasteiger partial charge is 0.124 e. The molecule has 0 aliphatic rings. The number of hydrogen-bond acceptors (Lipinski definition) is 1. The second-order valence-electron chi connectivity index (χ2n) is 4.52. The van der Waals surface area contributed by atoms with Crippen LogP contribution in [0.5, 0.6) is 5.75 Å². The van der Waals surface area contributed by atoms with E-state index in [4.69, 9.17) is 0 Å². The summed E-state index contributed by atoms with van der Waals surface area (Å²) in [6.45, 7) is 0. The van der Waals surface area contributed by atoms with Crippen molar-refractivity contribution in [2.75, 3.05) is 0 Å². The van der Waals surface area contributed by atoms with Crippen molar-refractivity contribution in [2.24, 2.45) is 0 Å². The Morgan fingerprint density at radius 2 is 1.72 bits per heavy atom. The topological polar surface area (TPSA) is 36.0 Å². The Hall–Kier alpha value is -2.22. The number of aromatic nitrogens is 1. The summed E-state index contributed by atoms with van der Waals surface area (Å²) in [7, 11) is 0. The first kappa shape index (κ1) is 10.9. The average molecular weight is 237 g/mol. The quantitative estimate of drug-likeness (QED) is 0.716. The molecule has 2 heteroatoms. The monoisotopic (exact) mass is 237 g/mol. The molecule has 2 N–H and O–H groups in total. The Morgan fingerprint density at radius 1 is 0.889 bits per heavy atom. The molecule has 0 aliphatic carbocycles. The Kier molecular flexibility index (Phi) is 2.77. The van der Waals surface area contributed by atoms with E-state index >= 15 is 0 Å². The fourth-order valence-electron chi connectivity index (χ4n) is 2.26. The van der Waals surface area contributed by atoms with Gasteiger partial charge in [-0.25, -0.2) is 0 Å². The molecule has 3 rings (SSSR count). The minimum atomic E-state index is 0.342. The summed E-state index contributed by atoms with van der Waals surface area (Å²) in [5, 5.41) is 10.7. The third kappa shape index (κ3) is 2.09. The summed E-state index contributed by atoms with van der Waals surface area (Å²) in [4.78, 5) is 3.35. The number of aromatic hydroxyl groups is 1. The van der Waals surface area contributed by atoms with Crippen LogP contribution < -0.4 is 0 Å². The van der Waals surface area contributed by atoms with Crippen LogP contribution in [-0.2, 0) is 12.8 Å². The number of rotatable bonds is 3. The predicted octanol–water partition coefficient (Wildman–Crippen LogP) is 3.66. The molecule has 0 aliphatic heterocycles. The summed E-state index contributed by atoms with van der Waals surface area (Å²) >= 11 is 0. The number of H-pyrrole nitrogens is 1. The molecule has 0 spiro atoms. The number of fused-ring (bicyclic) bond motifs is 1. The summed E-state index contributed by atoms with van der Waals surface area (Å²) < 4.78 is 0. The molecule has 18 heavy (non-hydrogen) atoms. The van der Waals surface area contributed by atoms with Crippen LogP contribution in [0.15, 0.2) is 54.6 Å². The van der Waals surface area contributed by atoms with Crippen LogP contribution >= 0.6 is 0 Å². The van der Waals surface area contributed by atoms with Crippen molar-refractivity contribution in [3.05, 3.63) is 65.9 Å². The largest absolute Gasteiger partial charge is 0.507 e. The average Bonchev–Trinajstić information content (AvgIpc) is 2.82. The Morgan fingerprint density at radius 3 is 2.50 bits per heavy atom. The molecular weight excluding hydrogens is 222 g/mol. The van der Waals surface area contributed by atoms with E-state index in [0.717, 1.165) is 29.4 Å². The van der Waals surface area contributed by atoms with E-state index in [-0.39, 0.29) is 0 Å². The van der Waals surface area contributed by atoms with Gasteiger partial charge in [0.1, 0.15) is 5.75 Å². The highest BCUT2D eigenvalue weighted by Crippen LogP contribution is 2.25. The third-order valence-electron chi connectivity index (χ3n) is 3.22. The zero-order valence-corrected chi connectivity index (χ0v) is 10.1.